The van der Waals surface area contributed by atoms with E-state index in [1.165, 1.54) is 0 Å². The Kier molecular flexibility index (Phi) is 3.64. The molecule has 2 N–H and O–H groups in total. The lowest BCUT2D eigenvalue weighted by molar-refractivity contribution is 0.514. The number of aliphatic hydroxyl groups is 1. The topological polar surface area (TPSA) is 103 Å². The monoisotopic (exact) mass is 378 g/mol. The molecule has 29 heavy (non-hydrogen) atoms. The van der Waals surface area contributed by atoms with Crippen LogP contribution in [-0.2, 0) is 0 Å². The Morgan fingerprint density at radius 2 is 1.93 bits per heavy atom. The van der Waals surface area contributed by atoms with Gasteiger partial charge in [0, 0.05) is 23.5 Å². The number of fused-ring (bicyclic) bond motifs is 3. The van der Waals surface area contributed by atoms with Crippen LogP contribution in [0.3, 0.4) is 0 Å². The van der Waals surface area contributed by atoms with Gasteiger partial charge in [-0.05, 0) is 18.2 Å². The van der Waals surface area contributed by atoms with Gasteiger partial charge < -0.3 is 10.1 Å². The average Bonchev–Trinajstić information content (AvgIpc) is 3.38. The zero-order chi connectivity index (χ0) is 20.0. The minimum Gasteiger partial charge on any atom is -0.508 e. The molecule has 138 valence electrons. The molecule has 0 saturated carbocycles. The second kappa shape index (κ2) is 6.32. The van der Waals surface area contributed by atoms with Crippen LogP contribution >= 0.6 is 0 Å². The van der Waals surface area contributed by atoms with Gasteiger partial charge in [-0.1, -0.05) is 30.8 Å². The summed E-state index contributed by atoms with van der Waals surface area (Å²) in [5, 5.41) is 19.1. The van der Waals surface area contributed by atoms with Crippen LogP contribution in [0.1, 0.15) is 11.3 Å². The van der Waals surface area contributed by atoms with Crippen LogP contribution < -0.4 is 0 Å². The van der Waals surface area contributed by atoms with Crippen molar-refractivity contribution in [1.29, 1.82) is 5.26 Å². The van der Waals surface area contributed by atoms with Crippen LogP contribution in [0.25, 0.3) is 45.1 Å². The summed E-state index contributed by atoms with van der Waals surface area (Å²) in [4.78, 5) is 16.7. The molecule has 0 aliphatic rings. The van der Waals surface area contributed by atoms with E-state index in [0.29, 0.717) is 22.6 Å². The minimum absolute atomic E-state index is 0.0108. The van der Waals surface area contributed by atoms with Gasteiger partial charge in [0.15, 0.2) is 11.3 Å². The molecular weight excluding hydrogens is 364 g/mol. The van der Waals surface area contributed by atoms with E-state index < -0.39 is 0 Å². The van der Waals surface area contributed by atoms with E-state index in [1.54, 1.807) is 30.6 Å². The quantitative estimate of drug-likeness (QED) is 0.455. The summed E-state index contributed by atoms with van der Waals surface area (Å²) in [6.45, 7) is 3.55. The molecule has 0 atom stereocenters. The molecule has 7 heteroatoms. The molecule has 0 aliphatic heterocycles. The van der Waals surface area contributed by atoms with Crippen LogP contribution in [-0.4, -0.2) is 29.4 Å². The Morgan fingerprint density at radius 1 is 1.10 bits per heavy atom. The van der Waals surface area contributed by atoms with Gasteiger partial charge in [-0.25, -0.2) is 15.0 Å². The number of imidazole rings is 1. The Balaban J connectivity index is 1.85. The zero-order valence-corrected chi connectivity index (χ0v) is 15.2. The summed E-state index contributed by atoms with van der Waals surface area (Å²) in [5.74, 6) is 0.624. The summed E-state index contributed by atoms with van der Waals surface area (Å²) >= 11 is 0. The van der Waals surface area contributed by atoms with E-state index >= 15 is 0 Å². The second-order valence-corrected chi connectivity index (χ2v) is 6.51. The predicted octanol–water partition coefficient (Wildman–Crippen LogP) is 4.34. The maximum atomic E-state index is 9.60. The van der Waals surface area contributed by atoms with Gasteiger partial charge in [0.05, 0.1) is 28.5 Å². The highest BCUT2D eigenvalue weighted by atomic mass is 16.3. The first-order valence-corrected chi connectivity index (χ1v) is 8.86. The van der Waals surface area contributed by atoms with Crippen molar-refractivity contribution in [1.82, 2.24) is 24.3 Å². The molecule has 0 aliphatic carbocycles. The van der Waals surface area contributed by atoms with Crippen molar-refractivity contribution in [2.24, 2.45) is 0 Å². The van der Waals surface area contributed by atoms with Gasteiger partial charge in [-0.15, -0.1) is 0 Å². The molecule has 0 unspecified atom stereocenters. The fraction of sp³-hybridized carbons (Fsp3) is 0. The first-order valence-electron chi connectivity index (χ1n) is 8.86. The lowest BCUT2D eigenvalue weighted by atomic mass is 10.1. The molecule has 0 bridgehead atoms. The number of nitrogens with one attached hydrogen (secondary N) is 1. The number of nitriles is 1. The molecule has 0 spiro atoms. The third-order valence-corrected chi connectivity index (χ3v) is 4.82. The third-order valence-electron chi connectivity index (χ3n) is 4.82. The minimum atomic E-state index is 0.0108. The number of hydrogen-bond donors (Lipinski definition) is 2. The highest BCUT2D eigenvalue weighted by Crippen LogP contribution is 2.33. The van der Waals surface area contributed by atoms with Crippen molar-refractivity contribution in [3.05, 3.63) is 78.9 Å². The molecule has 0 saturated heterocycles. The third kappa shape index (κ3) is 2.55. The average molecular weight is 378 g/mol. The molecule has 5 rings (SSSR count). The van der Waals surface area contributed by atoms with Crippen LogP contribution in [0.2, 0.25) is 0 Å². The van der Waals surface area contributed by atoms with Crippen LogP contribution in [0.15, 0.2) is 67.6 Å². The number of aliphatic hydroxyl groups excluding tert-OH is 1. The predicted molar refractivity (Wildman–Crippen MR) is 110 cm³/mol. The fourth-order valence-corrected chi connectivity index (χ4v) is 3.45. The first kappa shape index (κ1) is 16.7. The van der Waals surface area contributed by atoms with Crippen molar-refractivity contribution in [3.8, 4) is 28.7 Å². The smallest absolute Gasteiger partial charge is 0.154 e. The fourth-order valence-electron chi connectivity index (χ4n) is 3.45. The number of hydrogen-bond acceptors (Lipinski definition) is 5. The van der Waals surface area contributed by atoms with Crippen molar-refractivity contribution in [3.63, 3.8) is 0 Å². The maximum Gasteiger partial charge on any atom is 0.154 e. The largest absolute Gasteiger partial charge is 0.508 e. The van der Waals surface area contributed by atoms with E-state index in [9.17, 15) is 10.4 Å². The van der Waals surface area contributed by atoms with Gasteiger partial charge in [-0.3, -0.25) is 4.40 Å². The van der Waals surface area contributed by atoms with E-state index in [-0.39, 0.29) is 5.76 Å². The number of aromatic amines is 1. The zero-order valence-electron chi connectivity index (χ0n) is 15.2. The summed E-state index contributed by atoms with van der Waals surface area (Å²) in [6.07, 6.45) is 5.16. The number of H-pyrrole nitrogens is 1. The van der Waals surface area contributed by atoms with Gasteiger partial charge in [0.2, 0.25) is 0 Å². The van der Waals surface area contributed by atoms with Crippen LogP contribution in [0.5, 0.6) is 0 Å². The summed E-state index contributed by atoms with van der Waals surface area (Å²) in [6, 6.07) is 15.0. The molecule has 0 fully saturated rings. The van der Waals surface area contributed by atoms with Gasteiger partial charge >= 0.3 is 0 Å². The number of benzene rings is 1. The maximum absolute atomic E-state index is 9.60. The summed E-state index contributed by atoms with van der Waals surface area (Å²) in [7, 11) is 0. The van der Waals surface area contributed by atoms with Crippen LogP contribution in [0, 0.1) is 11.3 Å². The van der Waals surface area contributed by atoms with E-state index in [2.05, 4.69) is 27.6 Å². The molecular formula is C22H14N6O. The molecule has 5 aromatic rings. The standard InChI is InChI=1S/C22H14N6O/c1-13(29)14-4-6-15(7-5-14)20-19-12-26-21-18(8-10-25-21)28(19)22(27-20)16-3-2-9-24-17(16)11-23/h2-10,12,25,29H,1H2. The SMILES string of the molecule is C=C(O)c1ccc(-c2nc(-c3cccnc3C#N)n3c2cnc2[nH]ccc23)cc1. The molecule has 7 nitrogen and oxygen atoms in total. The van der Waals surface area contributed by atoms with E-state index in [1.807, 2.05) is 34.9 Å². The van der Waals surface area contributed by atoms with Crippen molar-refractivity contribution >= 4 is 22.4 Å². The molecule has 0 radical (unpaired) electrons. The summed E-state index contributed by atoms with van der Waals surface area (Å²) in [5.41, 5.74) is 5.54. The van der Waals surface area contributed by atoms with Crippen molar-refractivity contribution < 1.29 is 5.11 Å². The number of aromatic nitrogens is 5. The summed E-state index contributed by atoms with van der Waals surface area (Å²) < 4.78 is 1.98. The van der Waals surface area contributed by atoms with Crippen molar-refractivity contribution in [2.75, 3.05) is 0 Å². The number of pyridine rings is 1. The second-order valence-electron chi connectivity index (χ2n) is 6.51. The van der Waals surface area contributed by atoms with E-state index in [4.69, 9.17) is 4.98 Å². The Bertz CT molecular complexity index is 1440. The number of rotatable bonds is 3. The van der Waals surface area contributed by atoms with Gasteiger partial charge in [-0.2, -0.15) is 5.26 Å². The lowest BCUT2D eigenvalue weighted by Crippen LogP contribution is -1.95. The number of nitrogens with zero attached hydrogens (tertiary/aromatic N) is 5. The Hall–Kier alpha value is -4.44. The molecule has 0 amide bonds. The molecule has 4 heterocycles. The van der Waals surface area contributed by atoms with Crippen molar-refractivity contribution in [2.45, 2.75) is 0 Å². The molecule has 1 aromatic carbocycles. The molecule has 4 aromatic heterocycles. The Labute approximate surface area is 165 Å². The normalized spacial score (nSPS) is 11.0. The highest BCUT2D eigenvalue weighted by molar-refractivity contribution is 5.88. The lowest BCUT2D eigenvalue weighted by Gasteiger charge is -2.04. The van der Waals surface area contributed by atoms with Gasteiger partial charge in [0.25, 0.3) is 0 Å². The van der Waals surface area contributed by atoms with Crippen LogP contribution in [0.4, 0.5) is 0 Å². The van der Waals surface area contributed by atoms with E-state index in [0.717, 1.165) is 27.9 Å². The highest BCUT2D eigenvalue weighted by Gasteiger charge is 2.20. The first-order chi connectivity index (χ1) is 14.2. The Morgan fingerprint density at radius 3 is 2.69 bits per heavy atom. The van der Waals surface area contributed by atoms with Gasteiger partial charge in [0.1, 0.15) is 17.7 Å².